The maximum Gasteiger partial charge on any atom is 0.304 e. The van der Waals surface area contributed by atoms with Gasteiger partial charge in [0.25, 0.3) is 0 Å². The molecule has 0 aliphatic heterocycles. The molecule has 0 spiro atoms. The molecule has 4 rings (SSSR count). The Labute approximate surface area is 182 Å². The van der Waals surface area contributed by atoms with Crippen molar-refractivity contribution >= 4 is 17.5 Å². The lowest BCUT2D eigenvalue weighted by Crippen LogP contribution is -2.58. The minimum Gasteiger partial charge on any atom is -0.481 e. The van der Waals surface area contributed by atoms with Crippen LogP contribution in [0.5, 0.6) is 0 Å². The third-order valence-electron chi connectivity index (χ3n) is 9.37. The average molecular weight is 433 g/mol. The summed E-state index contributed by atoms with van der Waals surface area (Å²) in [5.74, 6) is -1.44. The number of aliphatic hydroxyl groups excluding tert-OH is 1. The highest BCUT2D eigenvalue weighted by Gasteiger charge is 2.71. The highest BCUT2D eigenvalue weighted by atomic mass is 16.5. The Kier molecular flexibility index (Phi) is 5.31. The summed E-state index contributed by atoms with van der Waals surface area (Å²) in [6.45, 7) is 4.13. The molecule has 3 fully saturated rings. The summed E-state index contributed by atoms with van der Waals surface area (Å²) in [6.07, 6.45) is 5.55. The van der Waals surface area contributed by atoms with E-state index in [9.17, 15) is 29.7 Å². The largest absolute Gasteiger partial charge is 0.481 e. The lowest BCUT2D eigenvalue weighted by Gasteiger charge is -2.58. The van der Waals surface area contributed by atoms with Gasteiger partial charge in [-0.1, -0.05) is 25.5 Å². The van der Waals surface area contributed by atoms with Gasteiger partial charge in [0.15, 0.2) is 11.6 Å². The van der Waals surface area contributed by atoms with Gasteiger partial charge in [-0.3, -0.25) is 14.4 Å². The van der Waals surface area contributed by atoms with E-state index in [1.165, 1.54) is 7.11 Å². The number of hydrogen-bond acceptors (Lipinski definition) is 6. The Morgan fingerprint density at radius 1 is 1.23 bits per heavy atom. The molecule has 7 heteroatoms. The number of carbonyl (C=O) groups excluding carboxylic acids is 2. The van der Waals surface area contributed by atoms with Gasteiger partial charge in [0, 0.05) is 12.5 Å². The van der Waals surface area contributed by atoms with E-state index in [2.05, 4.69) is 6.92 Å². The number of methoxy groups -OCH3 is 1. The average Bonchev–Trinajstić information content (AvgIpc) is 2.96. The molecule has 1 unspecified atom stereocenters. The number of aliphatic hydroxyl groups is 2. The van der Waals surface area contributed by atoms with Crippen molar-refractivity contribution in [3.8, 4) is 0 Å². The Hall–Kier alpha value is -1.83. The van der Waals surface area contributed by atoms with E-state index in [-0.39, 0.29) is 29.0 Å². The zero-order valence-corrected chi connectivity index (χ0v) is 18.3. The fourth-order valence-corrected chi connectivity index (χ4v) is 7.92. The number of carbonyl (C=O) groups is 3. The summed E-state index contributed by atoms with van der Waals surface area (Å²) in [5.41, 5.74) is -1.28. The van der Waals surface area contributed by atoms with Crippen LogP contribution in [0.4, 0.5) is 0 Å². The predicted octanol–water partition coefficient (Wildman–Crippen LogP) is 2.26. The second kappa shape index (κ2) is 7.36. The summed E-state index contributed by atoms with van der Waals surface area (Å²) in [5, 5.41) is 29.4. The van der Waals surface area contributed by atoms with Gasteiger partial charge in [0.1, 0.15) is 0 Å². The van der Waals surface area contributed by atoms with E-state index < -0.39 is 41.4 Å². The molecule has 7 atom stereocenters. The van der Waals surface area contributed by atoms with Gasteiger partial charge < -0.3 is 20.1 Å². The van der Waals surface area contributed by atoms with Crippen molar-refractivity contribution in [3.05, 3.63) is 23.8 Å². The molecule has 0 amide bonds. The normalized spacial score (nSPS) is 43.8. The Morgan fingerprint density at radius 3 is 2.55 bits per heavy atom. The van der Waals surface area contributed by atoms with Crippen molar-refractivity contribution in [2.24, 2.45) is 34.0 Å². The van der Waals surface area contributed by atoms with Gasteiger partial charge >= 0.3 is 5.97 Å². The van der Waals surface area contributed by atoms with Crippen LogP contribution in [0.25, 0.3) is 0 Å². The number of rotatable bonds is 5. The number of ether oxygens (including phenoxy) is 1. The van der Waals surface area contributed by atoms with Crippen LogP contribution >= 0.6 is 0 Å². The second-order valence-electron chi connectivity index (χ2n) is 10.3. The van der Waals surface area contributed by atoms with Gasteiger partial charge in [-0.15, -0.1) is 0 Å². The van der Waals surface area contributed by atoms with Gasteiger partial charge in [-0.2, -0.15) is 0 Å². The first-order valence-corrected chi connectivity index (χ1v) is 11.1. The molecule has 0 radical (unpaired) electrons. The second-order valence-corrected chi connectivity index (χ2v) is 10.3. The molecule has 0 aromatic heterocycles. The van der Waals surface area contributed by atoms with Gasteiger partial charge in [-0.25, -0.2) is 0 Å². The number of carboxylic acids is 1. The molecule has 0 saturated heterocycles. The number of Topliss-reactive ketones (excluding diaryl/α,β-unsaturated/α-hetero) is 1. The van der Waals surface area contributed by atoms with Crippen LogP contribution in [0.15, 0.2) is 23.8 Å². The van der Waals surface area contributed by atoms with Crippen molar-refractivity contribution in [2.45, 2.75) is 64.8 Å². The summed E-state index contributed by atoms with van der Waals surface area (Å²) in [6, 6.07) is 0. The topological polar surface area (TPSA) is 121 Å². The van der Waals surface area contributed by atoms with Crippen molar-refractivity contribution in [1.29, 1.82) is 0 Å². The smallest absolute Gasteiger partial charge is 0.304 e. The van der Waals surface area contributed by atoms with Gasteiger partial charge in [-0.05, 0) is 67.4 Å². The van der Waals surface area contributed by atoms with E-state index in [1.807, 2.05) is 13.0 Å². The van der Waals surface area contributed by atoms with Crippen molar-refractivity contribution in [2.75, 3.05) is 7.11 Å². The molecule has 31 heavy (non-hydrogen) atoms. The van der Waals surface area contributed by atoms with Crippen molar-refractivity contribution in [1.82, 2.24) is 0 Å². The zero-order valence-electron chi connectivity index (χ0n) is 18.3. The first-order chi connectivity index (χ1) is 14.5. The summed E-state index contributed by atoms with van der Waals surface area (Å²) in [7, 11) is 1.47. The van der Waals surface area contributed by atoms with E-state index >= 15 is 0 Å². The first kappa shape index (κ1) is 22.4. The zero-order chi connectivity index (χ0) is 22.8. The van der Waals surface area contributed by atoms with Crippen LogP contribution in [-0.4, -0.2) is 52.4 Å². The fraction of sp³-hybridized carbons (Fsp3) is 0.708. The summed E-state index contributed by atoms with van der Waals surface area (Å²) < 4.78 is 5.71. The molecular formula is C24H32O7. The lowest BCUT2D eigenvalue weighted by molar-refractivity contribution is -0.182. The quantitative estimate of drug-likeness (QED) is 0.570. The fourth-order valence-electron chi connectivity index (χ4n) is 7.92. The minimum atomic E-state index is -2.24. The number of fused-ring (bicyclic) bond motifs is 5. The molecule has 3 N–H and O–H groups in total. The summed E-state index contributed by atoms with van der Waals surface area (Å²) >= 11 is 0. The van der Waals surface area contributed by atoms with E-state index in [0.29, 0.717) is 12.8 Å². The van der Waals surface area contributed by atoms with Gasteiger partial charge in [0.2, 0.25) is 6.29 Å². The van der Waals surface area contributed by atoms with Crippen LogP contribution in [0.2, 0.25) is 0 Å². The van der Waals surface area contributed by atoms with Gasteiger partial charge in [0.05, 0.1) is 17.9 Å². The molecule has 0 aromatic carbocycles. The van der Waals surface area contributed by atoms with E-state index in [1.54, 1.807) is 12.2 Å². The Balaban J connectivity index is 1.79. The van der Waals surface area contributed by atoms with Crippen LogP contribution < -0.4 is 0 Å². The Bertz CT molecular complexity index is 873. The molecule has 0 bridgehead atoms. The van der Waals surface area contributed by atoms with E-state index in [0.717, 1.165) is 24.8 Å². The predicted molar refractivity (Wildman–Crippen MR) is 111 cm³/mol. The summed E-state index contributed by atoms with van der Waals surface area (Å²) in [4.78, 5) is 37.1. The number of carboxylic acid groups (broad SMARTS) is 1. The third-order valence-corrected chi connectivity index (χ3v) is 9.37. The molecule has 3 saturated carbocycles. The monoisotopic (exact) mass is 432 g/mol. The number of hydrogen-bond donors (Lipinski definition) is 3. The van der Waals surface area contributed by atoms with Crippen molar-refractivity contribution in [3.63, 3.8) is 0 Å². The maximum absolute atomic E-state index is 13.2. The molecule has 4 aliphatic rings. The van der Waals surface area contributed by atoms with Crippen molar-refractivity contribution < 1.29 is 34.4 Å². The first-order valence-electron chi connectivity index (χ1n) is 11.1. The molecule has 0 aromatic rings. The highest BCUT2D eigenvalue weighted by molar-refractivity contribution is 6.01. The lowest BCUT2D eigenvalue weighted by atomic mass is 9.45. The number of allylic oxidation sites excluding steroid dienone is 4. The van der Waals surface area contributed by atoms with Crippen LogP contribution in [0.1, 0.15) is 52.4 Å². The minimum absolute atomic E-state index is 0.0163. The third kappa shape index (κ3) is 2.93. The van der Waals surface area contributed by atoms with E-state index in [4.69, 9.17) is 4.74 Å². The molecule has 4 aliphatic carbocycles. The number of aliphatic carboxylic acids is 1. The molecule has 170 valence electrons. The SMILES string of the molecule is COC1C[C@H]2[C@@H]3CCC4=CC(=O)C=C[C@]4(C)[C@H]3CC[C@]2(C)[C@@]1(CC(=O)O)C(=O)C(O)O. The molecule has 7 nitrogen and oxygen atoms in total. The number of ketones is 2. The maximum atomic E-state index is 13.2. The standard InChI is InChI=1S/C24H32O7/c1-22-8-6-14(25)10-13(22)4-5-15-16(22)7-9-23(2)17(15)11-18(31-3)24(23,12-19(26)27)20(28)21(29)30/h6,8,10,15-18,21,29-30H,4-5,7,9,11-12H2,1-3H3,(H,26,27)/t15-,16+,17+,18?,22+,23+,24-/m1/s1. The Morgan fingerprint density at radius 2 is 1.94 bits per heavy atom. The van der Waals surface area contributed by atoms with Crippen LogP contribution in [0, 0.1) is 34.0 Å². The van der Waals surface area contributed by atoms with Crippen LogP contribution in [0.3, 0.4) is 0 Å². The molecule has 0 heterocycles. The highest BCUT2D eigenvalue weighted by Crippen LogP contribution is 2.71. The van der Waals surface area contributed by atoms with Crippen LogP contribution in [-0.2, 0) is 19.1 Å². The molecular weight excluding hydrogens is 400 g/mol.